The molecule has 88 valence electrons. The zero-order chi connectivity index (χ0) is 11.3. The van der Waals surface area contributed by atoms with Gasteiger partial charge in [-0.15, -0.1) is 24.0 Å². The molecule has 0 saturated carbocycles. The first-order valence-electron chi connectivity index (χ1n) is 4.90. The monoisotopic (exact) mass is 335 g/mol. The van der Waals surface area contributed by atoms with Gasteiger partial charge in [-0.05, 0) is 30.7 Å². The van der Waals surface area contributed by atoms with Crippen molar-refractivity contribution < 1.29 is 4.39 Å². The Labute approximate surface area is 112 Å². The highest BCUT2D eigenvalue weighted by atomic mass is 127. The van der Waals surface area contributed by atoms with Crippen LogP contribution < -0.4 is 0 Å². The summed E-state index contributed by atoms with van der Waals surface area (Å²) in [6.45, 7) is 5.82. The van der Waals surface area contributed by atoms with Crippen LogP contribution in [0.2, 0.25) is 0 Å². The van der Waals surface area contributed by atoms with Crippen LogP contribution in [-0.4, -0.2) is 15.0 Å². The number of halogens is 2. The summed E-state index contributed by atoms with van der Waals surface area (Å²) in [4.78, 5) is 1.47. The highest BCUT2D eigenvalue weighted by Gasteiger charge is 2.02. The molecule has 0 N–H and O–H groups in total. The van der Waals surface area contributed by atoms with Gasteiger partial charge in [-0.2, -0.15) is 15.0 Å². The van der Waals surface area contributed by atoms with Gasteiger partial charge < -0.3 is 0 Å². The molecule has 0 aliphatic heterocycles. The molecular formula is C11H15FIN3. The standard InChI is InChI=1S/C9H8FN3.C2H6.HI/c1-7-6-8(10)2-3-9(7)13-11-4-5-12-13;1-2;/h2-6H,1H3;1-2H3;1H. The Kier molecular flexibility index (Phi) is 6.87. The van der Waals surface area contributed by atoms with Crippen molar-refractivity contribution in [1.82, 2.24) is 15.0 Å². The Morgan fingerprint density at radius 2 is 1.69 bits per heavy atom. The zero-order valence-corrected chi connectivity index (χ0v) is 11.8. The van der Waals surface area contributed by atoms with Gasteiger partial charge in [0.2, 0.25) is 0 Å². The number of nitrogens with zero attached hydrogens (tertiary/aromatic N) is 3. The molecule has 0 amide bonds. The lowest BCUT2D eigenvalue weighted by molar-refractivity contribution is 0.624. The van der Waals surface area contributed by atoms with E-state index in [1.807, 2.05) is 20.8 Å². The van der Waals surface area contributed by atoms with Gasteiger partial charge in [0.1, 0.15) is 5.82 Å². The molecule has 0 saturated heterocycles. The quantitative estimate of drug-likeness (QED) is 0.748. The van der Waals surface area contributed by atoms with E-state index in [2.05, 4.69) is 10.2 Å². The molecule has 3 nitrogen and oxygen atoms in total. The summed E-state index contributed by atoms with van der Waals surface area (Å²) in [5, 5.41) is 7.92. The fourth-order valence-corrected chi connectivity index (χ4v) is 1.18. The van der Waals surface area contributed by atoms with Crippen LogP contribution >= 0.6 is 24.0 Å². The molecule has 0 radical (unpaired) electrons. The molecular weight excluding hydrogens is 320 g/mol. The average molecular weight is 335 g/mol. The summed E-state index contributed by atoms with van der Waals surface area (Å²) >= 11 is 0. The maximum Gasteiger partial charge on any atom is 0.123 e. The number of aryl methyl sites for hydroxylation is 1. The topological polar surface area (TPSA) is 30.7 Å². The molecule has 0 aliphatic carbocycles. The first-order valence-corrected chi connectivity index (χ1v) is 4.90. The smallest absolute Gasteiger partial charge is 0.123 e. The lowest BCUT2D eigenvalue weighted by atomic mass is 10.2. The number of rotatable bonds is 1. The summed E-state index contributed by atoms with van der Waals surface area (Å²) in [7, 11) is 0. The van der Waals surface area contributed by atoms with Crippen molar-refractivity contribution in [2.75, 3.05) is 0 Å². The number of benzene rings is 1. The Morgan fingerprint density at radius 1 is 1.12 bits per heavy atom. The second-order valence-electron chi connectivity index (χ2n) is 2.75. The third kappa shape index (κ3) is 3.55. The first-order chi connectivity index (χ1) is 7.27. The molecule has 16 heavy (non-hydrogen) atoms. The minimum absolute atomic E-state index is 0. The minimum atomic E-state index is -0.242. The van der Waals surface area contributed by atoms with Crippen LogP contribution in [0, 0.1) is 12.7 Å². The normalized spacial score (nSPS) is 8.75. The fourth-order valence-electron chi connectivity index (χ4n) is 1.18. The van der Waals surface area contributed by atoms with Crippen LogP contribution in [-0.2, 0) is 0 Å². The van der Waals surface area contributed by atoms with Crippen LogP contribution in [0.15, 0.2) is 30.6 Å². The van der Waals surface area contributed by atoms with E-state index in [4.69, 9.17) is 0 Å². The molecule has 0 unspecified atom stereocenters. The molecule has 0 fully saturated rings. The molecule has 0 spiro atoms. The maximum absolute atomic E-state index is 12.7. The van der Waals surface area contributed by atoms with Crippen molar-refractivity contribution >= 4 is 24.0 Å². The third-order valence-corrected chi connectivity index (χ3v) is 1.79. The molecule has 0 atom stereocenters. The second kappa shape index (κ2) is 7.32. The van der Waals surface area contributed by atoms with E-state index in [-0.39, 0.29) is 29.8 Å². The number of aromatic nitrogens is 3. The van der Waals surface area contributed by atoms with Gasteiger partial charge in [0.15, 0.2) is 0 Å². The minimum Gasteiger partial charge on any atom is -0.207 e. The van der Waals surface area contributed by atoms with Crippen LogP contribution in [0.4, 0.5) is 4.39 Å². The SMILES string of the molecule is CC.Cc1cc(F)ccc1-n1nccn1.I. The van der Waals surface area contributed by atoms with Crippen molar-refractivity contribution in [2.24, 2.45) is 0 Å². The Balaban J connectivity index is 0.000000711. The molecule has 1 aromatic heterocycles. The highest BCUT2D eigenvalue weighted by Crippen LogP contribution is 2.12. The maximum atomic E-state index is 12.7. The van der Waals surface area contributed by atoms with Gasteiger partial charge in [0, 0.05) is 0 Å². The van der Waals surface area contributed by atoms with Gasteiger partial charge in [-0.25, -0.2) is 4.39 Å². The first kappa shape index (κ1) is 15.0. The van der Waals surface area contributed by atoms with Crippen LogP contribution in [0.5, 0.6) is 0 Å². The Morgan fingerprint density at radius 3 is 2.19 bits per heavy atom. The molecule has 0 bridgehead atoms. The van der Waals surface area contributed by atoms with Crippen molar-refractivity contribution in [2.45, 2.75) is 20.8 Å². The summed E-state index contributed by atoms with van der Waals surface area (Å²) in [5.41, 5.74) is 1.61. The predicted octanol–water partition coefficient (Wildman–Crippen LogP) is 3.36. The molecule has 2 rings (SSSR count). The van der Waals surface area contributed by atoms with E-state index in [0.717, 1.165) is 11.3 Å². The van der Waals surface area contributed by atoms with Crippen molar-refractivity contribution in [1.29, 1.82) is 0 Å². The van der Waals surface area contributed by atoms with E-state index < -0.39 is 0 Å². The highest BCUT2D eigenvalue weighted by molar-refractivity contribution is 14.0. The lowest BCUT2D eigenvalue weighted by Crippen LogP contribution is -2.00. The summed E-state index contributed by atoms with van der Waals surface area (Å²) < 4.78 is 12.7. The van der Waals surface area contributed by atoms with Crippen molar-refractivity contribution in [3.05, 3.63) is 42.0 Å². The van der Waals surface area contributed by atoms with E-state index in [1.165, 1.54) is 16.9 Å². The predicted molar refractivity (Wildman–Crippen MR) is 72.8 cm³/mol. The third-order valence-electron chi connectivity index (χ3n) is 1.79. The number of hydrogen-bond donors (Lipinski definition) is 0. The van der Waals surface area contributed by atoms with E-state index in [0.29, 0.717) is 0 Å². The summed E-state index contributed by atoms with van der Waals surface area (Å²) in [5.74, 6) is -0.242. The van der Waals surface area contributed by atoms with E-state index >= 15 is 0 Å². The molecule has 1 aromatic carbocycles. The summed E-state index contributed by atoms with van der Waals surface area (Å²) in [6, 6.07) is 4.51. The van der Waals surface area contributed by atoms with Gasteiger partial charge >= 0.3 is 0 Å². The van der Waals surface area contributed by atoms with Gasteiger partial charge in [-0.1, -0.05) is 13.8 Å². The van der Waals surface area contributed by atoms with Crippen LogP contribution in [0.3, 0.4) is 0 Å². The van der Waals surface area contributed by atoms with Gasteiger partial charge in [-0.3, -0.25) is 0 Å². The second-order valence-corrected chi connectivity index (χ2v) is 2.75. The van der Waals surface area contributed by atoms with Crippen molar-refractivity contribution in [3.8, 4) is 5.69 Å². The van der Waals surface area contributed by atoms with Gasteiger partial charge in [0.25, 0.3) is 0 Å². The summed E-state index contributed by atoms with van der Waals surface area (Å²) in [6.07, 6.45) is 3.17. The molecule has 1 heterocycles. The number of hydrogen-bond acceptors (Lipinski definition) is 2. The molecule has 5 heteroatoms. The molecule has 0 aliphatic rings. The largest absolute Gasteiger partial charge is 0.207 e. The zero-order valence-electron chi connectivity index (χ0n) is 9.51. The van der Waals surface area contributed by atoms with Crippen molar-refractivity contribution in [3.63, 3.8) is 0 Å². The van der Waals surface area contributed by atoms with Crippen LogP contribution in [0.25, 0.3) is 5.69 Å². The Bertz CT molecular complexity index is 415. The van der Waals surface area contributed by atoms with Crippen LogP contribution in [0.1, 0.15) is 19.4 Å². The fraction of sp³-hybridized carbons (Fsp3) is 0.273. The van der Waals surface area contributed by atoms with E-state index in [1.54, 1.807) is 18.5 Å². The Hall–Kier alpha value is -0.980. The lowest BCUT2D eigenvalue weighted by Gasteiger charge is -2.02. The van der Waals surface area contributed by atoms with Gasteiger partial charge in [0.05, 0.1) is 18.1 Å². The average Bonchev–Trinajstić information content (AvgIpc) is 2.74. The van der Waals surface area contributed by atoms with E-state index in [9.17, 15) is 4.39 Å². The molecule has 2 aromatic rings.